The Bertz CT molecular complexity index is 938. The van der Waals surface area contributed by atoms with Crippen molar-refractivity contribution in [2.45, 2.75) is 38.1 Å². The first-order valence-electron chi connectivity index (χ1n) is 8.31. The monoisotopic (exact) mass is 358 g/mol. The molecule has 0 bridgehead atoms. The van der Waals surface area contributed by atoms with Crippen LogP contribution in [0.1, 0.15) is 32.1 Å². The van der Waals surface area contributed by atoms with Gasteiger partial charge in [0.15, 0.2) is 4.80 Å². The van der Waals surface area contributed by atoms with Gasteiger partial charge >= 0.3 is 0 Å². The van der Waals surface area contributed by atoms with Crippen molar-refractivity contribution >= 4 is 33.8 Å². The number of nitrogens with zero attached hydrogens (tertiary/aromatic N) is 4. The highest BCUT2D eigenvalue weighted by atomic mass is 35.5. The SMILES string of the molecule is Cn1cc(-c2ccc3c(Cl)ncnc3c2)s/c1=N\C1CCCCC1. The quantitative estimate of drug-likeness (QED) is 0.629. The van der Waals surface area contributed by atoms with Gasteiger partial charge in [-0.15, -0.1) is 0 Å². The maximum atomic E-state index is 6.13. The number of rotatable bonds is 2. The van der Waals surface area contributed by atoms with Gasteiger partial charge in [-0.2, -0.15) is 0 Å². The fourth-order valence-electron chi connectivity index (χ4n) is 3.22. The molecule has 0 unspecified atom stereocenters. The lowest BCUT2D eigenvalue weighted by molar-refractivity contribution is 0.435. The molecule has 1 fully saturated rings. The number of fused-ring (bicyclic) bond motifs is 1. The zero-order valence-electron chi connectivity index (χ0n) is 13.6. The maximum absolute atomic E-state index is 6.13. The Morgan fingerprint density at radius 3 is 2.88 bits per heavy atom. The Hall–Kier alpha value is -1.72. The molecule has 0 N–H and O–H groups in total. The lowest BCUT2D eigenvalue weighted by Crippen LogP contribution is -2.17. The number of hydrogen-bond acceptors (Lipinski definition) is 4. The smallest absolute Gasteiger partial charge is 0.185 e. The van der Waals surface area contributed by atoms with Crippen LogP contribution in [0.5, 0.6) is 0 Å². The fraction of sp³-hybridized carbons (Fsp3) is 0.389. The van der Waals surface area contributed by atoms with Gasteiger partial charge in [0, 0.05) is 18.6 Å². The average Bonchev–Trinajstić information content (AvgIpc) is 2.96. The molecule has 3 aromatic rings. The lowest BCUT2D eigenvalue weighted by atomic mass is 9.96. The molecule has 1 aliphatic rings. The molecule has 0 saturated heterocycles. The van der Waals surface area contributed by atoms with E-state index in [4.69, 9.17) is 16.6 Å². The number of aryl methyl sites for hydroxylation is 1. The number of benzene rings is 1. The number of halogens is 1. The Kier molecular flexibility index (Phi) is 4.37. The molecule has 1 saturated carbocycles. The van der Waals surface area contributed by atoms with Crippen LogP contribution in [0.25, 0.3) is 21.3 Å². The van der Waals surface area contributed by atoms with Gasteiger partial charge in [-0.05, 0) is 30.5 Å². The molecule has 24 heavy (non-hydrogen) atoms. The van der Waals surface area contributed by atoms with Crippen LogP contribution < -0.4 is 4.80 Å². The molecule has 4 nitrogen and oxygen atoms in total. The summed E-state index contributed by atoms with van der Waals surface area (Å²) in [6, 6.07) is 6.62. The van der Waals surface area contributed by atoms with E-state index in [1.807, 2.05) is 6.07 Å². The molecule has 2 heterocycles. The Labute approximate surface area is 149 Å². The van der Waals surface area contributed by atoms with E-state index < -0.39 is 0 Å². The van der Waals surface area contributed by atoms with E-state index in [1.54, 1.807) is 11.3 Å². The van der Waals surface area contributed by atoms with Gasteiger partial charge in [-0.25, -0.2) is 9.97 Å². The minimum absolute atomic E-state index is 0.486. The van der Waals surface area contributed by atoms with Crippen molar-refractivity contribution in [3.8, 4) is 10.4 Å². The highest BCUT2D eigenvalue weighted by Crippen LogP contribution is 2.28. The van der Waals surface area contributed by atoms with Gasteiger partial charge in [-0.3, -0.25) is 4.99 Å². The van der Waals surface area contributed by atoms with E-state index in [0.29, 0.717) is 11.2 Å². The van der Waals surface area contributed by atoms with Crippen molar-refractivity contribution in [2.24, 2.45) is 12.0 Å². The molecular formula is C18H19ClN4S. The van der Waals surface area contributed by atoms with Gasteiger partial charge in [-0.1, -0.05) is 48.3 Å². The lowest BCUT2D eigenvalue weighted by Gasteiger charge is -2.16. The van der Waals surface area contributed by atoms with Crippen molar-refractivity contribution in [1.82, 2.24) is 14.5 Å². The van der Waals surface area contributed by atoms with E-state index >= 15 is 0 Å². The number of hydrogen-bond donors (Lipinski definition) is 0. The van der Waals surface area contributed by atoms with Crippen LogP contribution in [0, 0.1) is 0 Å². The maximum Gasteiger partial charge on any atom is 0.185 e. The highest BCUT2D eigenvalue weighted by Gasteiger charge is 2.13. The summed E-state index contributed by atoms with van der Waals surface area (Å²) in [6.07, 6.45) is 10.1. The zero-order valence-corrected chi connectivity index (χ0v) is 15.1. The molecule has 1 aliphatic carbocycles. The molecule has 1 aromatic carbocycles. The molecule has 0 amide bonds. The van der Waals surface area contributed by atoms with Crippen molar-refractivity contribution < 1.29 is 0 Å². The standard InChI is InChI=1S/C18H19ClN4S/c1-23-10-16(24-18(23)22-13-5-3-2-4-6-13)12-7-8-14-15(9-12)20-11-21-17(14)19/h7-11,13H,2-6H2,1H3/b22-18-. The number of aromatic nitrogens is 3. The van der Waals surface area contributed by atoms with Gasteiger partial charge in [0.1, 0.15) is 11.5 Å². The molecular weight excluding hydrogens is 340 g/mol. The highest BCUT2D eigenvalue weighted by molar-refractivity contribution is 7.12. The van der Waals surface area contributed by atoms with E-state index in [9.17, 15) is 0 Å². The second-order valence-electron chi connectivity index (χ2n) is 6.31. The summed E-state index contributed by atoms with van der Waals surface area (Å²) in [7, 11) is 2.07. The van der Waals surface area contributed by atoms with Crippen molar-refractivity contribution in [1.29, 1.82) is 0 Å². The summed E-state index contributed by atoms with van der Waals surface area (Å²) >= 11 is 7.86. The largest absolute Gasteiger partial charge is 0.326 e. The molecule has 4 rings (SSSR count). The first-order chi connectivity index (χ1) is 11.7. The van der Waals surface area contributed by atoms with Gasteiger partial charge in [0.2, 0.25) is 0 Å². The van der Waals surface area contributed by atoms with Crippen LogP contribution in [-0.4, -0.2) is 20.6 Å². The second kappa shape index (κ2) is 6.65. The fourth-order valence-corrected chi connectivity index (χ4v) is 4.48. The van der Waals surface area contributed by atoms with Crippen molar-refractivity contribution in [3.63, 3.8) is 0 Å². The summed E-state index contributed by atoms with van der Waals surface area (Å²) in [5.74, 6) is 0. The molecule has 124 valence electrons. The Balaban J connectivity index is 1.72. The van der Waals surface area contributed by atoms with Crippen molar-refractivity contribution in [2.75, 3.05) is 0 Å². The normalized spacial score (nSPS) is 16.8. The van der Waals surface area contributed by atoms with Crippen molar-refractivity contribution in [3.05, 3.63) is 40.7 Å². The molecule has 0 aliphatic heterocycles. The van der Waals surface area contributed by atoms with E-state index in [-0.39, 0.29) is 0 Å². The third kappa shape index (κ3) is 3.10. The Morgan fingerprint density at radius 2 is 2.04 bits per heavy atom. The van der Waals surface area contributed by atoms with E-state index in [0.717, 1.165) is 21.3 Å². The summed E-state index contributed by atoms with van der Waals surface area (Å²) in [6.45, 7) is 0. The minimum atomic E-state index is 0.486. The van der Waals surface area contributed by atoms with Crippen LogP contribution in [0.15, 0.2) is 35.7 Å². The molecule has 0 radical (unpaired) electrons. The third-order valence-corrected chi connectivity index (χ3v) is 5.99. The van der Waals surface area contributed by atoms with Crippen LogP contribution in [0.4, 0.5) is 0 Å². The third-order valence-electron chi connectivity index (χ3n) is 4.55. The average molecular weight is 359 g/mol. The Morgan fingerprint density at radius 1 is 1.21 bits per heavy atom. The molecule has 0 atom stereocenters. The van der Waals surface area contributed by atoms with Gasteiger partial charge < -0.3 is 4.57 Å². The van der Waals surface area contributed by atoms with Gasteiger partial charge in [0.05, 0.1) is 16.4 Å². The summed E-state index contributed by atoms with van der Waals surface area (Å²) in [5, 5.41) is 1.38. The predicted molar refractivity (Wildman–Crippen MR) is 99.3 cm³/mol. The van der Waals surface area contributed by atoms with Crippen LogP contribution in [0.3, 0.4) is 0 Å². The predicted octanol–water partition coefficient (Wildman–Crippen LogP) is 4.58. The molecule has 2 aromatic heterocycles. The molecule has 6 heteroatoms. The molecule has 0 spiro atoms. The first kappa shape index (κ1) is 15.8. The summed E-state index contributed by atoms with van der Waals surface area (Å²) in [4.78, 5) is 15.6. The minimum Gasteiger partial charge on any atom is -0.326 e. The van der Waals surface area contributed by atoms with Gasteiger partial charge in [0.25, 0.3) is 0 Å². The second-order valence-corrected chi connectivity index (χ2v) is 7.67. The van der Waals surface area contributed by atoms with E-state index in [2.05, 4.69) is 39.9 Å². The zero-order chi connectivity index (χ0) is 16.5. The summed E-state index contributed by atoms with van der Waals surface area (Å²) in [5.41, 5.74) is 2.01. The van der Waals surface area contributed by atoms with Crippen LogP contribution in [-0.2, 0) is 7.05 Å². The first-order valence-corrected chi connectivity index (χ1v) is 9.51. The van der Waals surface area contributed by atoms with Crippen LogP contribution >= 0.6 is 22.9 Å². The number of thiazole rings is 1. The van der Waals surface area contributed by atoms with Crippen LogP contribution in [0.2, 0.25) is 5.15 Å². The topological polar surface area (TPSA) is 43.1 Å². The summed E-state index contributed by atoms with van der Waals surface area (Å²) < 4.78 is 2.13. The van der Waals surface area contributed by atoms with E-state index in [1.165, 1.54) is 43.3 Å².